The van der Waals surface area contributed by atoms with Crippen molar-refractivity contribution in [2.24, 2.45) is 5.73 Å². The zero-order valence-electron chi connectivity index (χ0n) is 11.5. The number of nitrogens with two attached hydrogens (primary N) is 1. The molecule has 20 heavy (non-hydrogen) atoms. The van der Waals surface area contributed by atoms with Gasteiger partial charge in [-0.2, -0.15) is 0 Å². The molecule has 0 saturated heterocycles. The van der Waals surface area contributed by atoms with Crippen molar-refractivity contribution in [3.63, 3.8) is 0 Å². The third kappa shape index (κ3) is 3.85. The number of methoxy groups -OCH3 is 1. The Labute approximate surface area is 123 Å². The predicted molar refractivity (Wildman–Crippen MR) is 85.0 cm³/mol. The van der Waals surface area contributed by atoms with Gasteiger partial charge in [0.25, 0.3) is 0 Å². The molecule has 0 unspecified atom stereocenters. The van der Waals surface area contributed by atoms with E-state index in [2.05, 4.69) is 14.9 Å². The van der Waals surface area contributed by atoms with E-state index < -0.39 is 0 Å². The van der Waals surface area contributed by atoms with Crippen molar-refractivity contribution in [2.45, 2.75) is 6.42 Å². The Morgan fingerprint density at radius 1 is 1.30 bits per heavy atom. The summed E-state index contributed by atoms with van der Waals surface area (Å²) >= 11 is 4.94. The number of rotatable bonds is 7. The van der Waals surface area contributed by atoms with Gasteiger partial charge in [0.15, 0.2) is 0 Å². The average molecular weight is 290 g/mol. The molecule has 0 bridgehead atoms. The van der Waals surface area contributed by atoms with Gasteiger partial charge in [-0.25, -0.2) is 4.98 Å². The minimum Gasteiger partial charge on any atom is -0.393 e. The Kier molecular flexibility index (Phi) is 5.20. The number of hydrogen-bond acceptors (Lipinski definition) is 5. The highest BCUT2D eigenvalue weighted by Gasteiger charge is 2.09. The summed E-state index contributed by atoms with van der Waals surface area (Å²) in [5.74, 6) is 0.817. The zero-order valence-corrected chi connectivity index (χ0v) is 12.3. The van der Waals surface area contributed by atoms with Gasteiger partial charge < -0.3 is 15.4 Å². The molecule has 6 heteroatoms. The second kappa shape index (κ2) is 7.12. The molecule has 0 amide bonds. The van der Waals surface area contributed by atoms with E-state index >= 15 is 0 Å². The lowest BCUT2D eigenvalue weighted by Crippen LogP contribution is -2.31. The van der Waals surface area contributed by atoms with Crippen molar-refractivity contribution >= 4 is 34.1 Å². The van der Waals surface area contributed by atoms with Gasteiger partial charge >= 0.3 is 0 Å². The van der Waals surface area contributed by atoms with Crippen LogP contribution < -0.4 is 10.6 Å². The molecule has 0 aliphatic carbocycles. The topological polar surface area (TPSA) is 64.3 Å². The lowest BCUT2D eigenvalue weighted by Gasteiger charge is -2.23. The van der Waals surface area contributed by atoms with Crippen LogP contribution in [-0.4, -0.2) is 41.8 Å². The largest absolute Gasteiger partial charge is 0.393 e. The highest BCUT2D eigenvalue weighted by molar-refractivity contribution is 7.80. The van der Waals surface area contributed by atoms with Crippen molar-refractivity contribution in [3.8, 4) is 0 Å². The summed E-state index contributed by atoms with van der Waals surface area (Å²) in [5, 5.41) is 0. The number of anilines is 1. The Morgan fingerprint density at radius 2 is 2.05 bits per heavy atom. The second-order valence-electron chi connectivity index (χ2n) is 4.41. The van der Waals surface area contributed by atoms with Crippen LogP contribution in [0.2, 0.25) is 0 Å². The molecule has 0 saturated carbocycles. The number of thiocarbonyl (C=S) groups is 1. The van der Waals surface area contributed by atoms with E-state index in [0.29, 0.717) is 24.6 Å². The van der Waals surface area contributed by atoms with E-state index in [0.717, 1.165) is 23.4 Å². The van der Waals surface area contributed by atoms with Gasteiger partial charge in [0.1, 0.15) is 5.82 Å². The number of nitrogens with zero attached hydrogens (tertiary/aromatic N) is 3. The summed E-state index contributed by atoms with van der Waals surface area (Å²) in [6, 6.07) is 7.80. The number of hydrogen-bond donors (Lipinski definition) is 1. The van der Waals surface area contributed by atoms with Gasteiger partial charge in [0.2, 0.25) is 0 Å². The zero-order chi connectivity index (χ0) is 14.4. The lowest BCUT2D eigenvalue weighted by atomic mass is 10.3. The molecule has 2 aromatic rings. The molecule has 2 rings (SSSR count). The fourth-order valence-corrected chi connectivity index (χ4v) is 1.98. The molecular formula is C14H18N4OS. The number of fused-ring (bicyclic) bond motifs is 1. The number of aromatic nitrogens is 2. The number of para-hydroxylation sites is 2. The fraction of sp³-hybridized carbons (Fsp3) is 0.357. The van der Waals surface area contributed by atoms with E-state index in [4.69, 9.17) is 22.7 Å². The van der Waals surface area contributed by atoms with Crippen LogP contribution >= 0.6 is 12.2 Å². The first kappa shape index (κ1) is 14.6. The summed E-state index contributed by atoms with van der Waals surface area (Å²) in [6.45, 7) is 2.06. The van der Waals surface area contributed by atoms with Crippen LogP contribution in [0.5, 0.6) is 0 Å². The predicted octanol–water partition coefficient (Wildman–Crippen LogP) is 1.76. The Hall–Kier alpha value is -1.79. The van der Waals surface area contributed by atoms with Crippen LogP contribution in [0.15, 0.2) is 30.5 Å². The van der Waals surface area contributed by atoms with Gasteiger partial charge in [-0.1, -0.05) is 24.4 Å². The molecule has 1 heterocycles. The molecule has 1 aromatic heterocycles. The van der Waals surface area contributed by atoms with E-state index in [9.17, 15) is 0 Å². The van der Waals surface area contributed by atoms with Gasteiger partial charge in [0, 0.05) is 26.6 Å². The first-order chi connectivity index (χ1) is 9.70. The fourth-order valence-electron chi connectivity index (χ4n) is 1.89. The maximum atomic E-state index is 5.58. The van der Waals surface area contributed by atoms with Crippen LogP contribution in [-0.2, 0) is 4.74 Å². The Bertz CT molecular complexity index is 590. The highest BCUT2D eigenvalue weighted by atomic mass is 32.1. The minimum atomic E-state index is 0.501. The van der Waals surface area contributed by atoms with Crippen LogP contribution in [0.3, 0.4) is 0 Å². The van der Waals surface area contributed by atoms with Crippen molar-refractivity contribution in [3.05, 3.63) is 30.5 Å². The SMILES string of the molecule is COCCN(CCC(N)=S)c1cnc2ccccc2n1. The van der Waals surface area contributed by atoms with Crippen LogP contribution in [0.4, 0.5) is 5.82 Å². The molecule has 0 radical (unpaired) electrons. The number of ether oxygens (including phenoxy) is 1. The molecule has 0 spiro atoms. The van der Waals surface area contributed by atoms with Crippen molar-refractivity contribution in [1.29, 1.82) is 0 Å². The lowest BCUT2D eigenvalue weighted by molar-refractivity contribution is 0.205. The summed E-state index contributed by atoms with van der Waals surface area (Å²) in [6.07, 6.45) is 2.42. The van der Waals surface area contributed by atoms with Gasteiger partial charge in [-0.15, -0.1) is 0 Å². The van der Waals surface area contributed by atoms with Crippen LogP contribution in [0.25, 0.3) is 11.0 Å². The molecular weight excluding hydrogens is 272 g/mol. The van der Waals surface area contributed by atoms with Crippen molar-refractivity contribution < 1.29 is 4.74 Å². The second-order valence-corrected chi connectivity index (χ2v) is 4.94. The van der Waals surface area contributed by atoms with E-state index in [1.54, 1.807) is 13.3 Å². The van der Waals surface area contributed by atoms with Crippen molar-refractivity contribution in [2.75, 3.05) is 31.7 Å². The summed E-state index contributed by atoms with van der Waals surface area (Å²) in [5.41, 5.74) is 7.34. The number of benzene rings is 1. The molecule has 106 valence electrons. The molecule has 2 N–H and O–H groups in total. The maximum absolute atomic E-state index is 5.58. The third-order valence-electron chi connectivity index (χ3n) is 2.95. The quantitative estimate of drug-likeness (QED) is 0.784. The smallest absolute Gasteiger partial charge is 0.147 e. The Morgan fingerprint density at radius 3 is 2.75 bits per heavy atom. The molecule has 0 aliphatic heterocycles. The monoisotopic (exact) mass is 290 g/mol. The first-order valence-electron chi connectivity index (χ1n) is 6.44. The molecule has 0 atom stereocenters. The van der Waals surface area contributed by atoms with Gasteiger partial charge in [0.05, 0.1) is 28.8 Å². The van der Waals surface area contributed by atoms with Gasteiger partial charge in [-0.05, 0) is 12.1 Å². The third-order valence-corrected chi connectivity index (χ3v) is 3.16. The normalized spacial score (nSPS) is 10.7. The maximum Gasteiger partial charge on any atom is 0.147 e. The first-order valence-corrected chi connectivity index (χ1v) is 6.85. The average Bonchev–Trinajstić information content (AvgIpc) is 2.46. The molecule has 5 nitrogen and oxygen atoms in total. The molecule has 0 aliphatic rings. The summed E-state index contributed by atoms with van der Waals surface area (Å²) in [7, 11) is 1.68. The Balaban J connectivity index is 2.21. The summed E-state index contributed by atoms with van der Waals surface area (Å²) < 4.78 is 5.13. The standard InChI is InChI=1S/C14H18N4OS/c1-19-9-8-18(7-6-13(15)20)14-10-16-11-4-2-3-5-12(11)17-14/h2-5,10H,6-9H2,1H3,(H2,15,20). The van der Waals surface area contributed by atoms with Crippen molar-refractivity contribution in [1.82, 2.24) is 9.97 Å². The minimum absolute atomic E-state index is 0.501. The van der Waals surface area contributed by atoms with E-state index in [1.165, 1.54) is 0 Å². The van der Waals surface area contributed by atoms with E-state index in [1.807, 2.05) is 24.3 Å². The molecule has 1 aromatic carbocycles. The van der Waals surface area contributed by atoms with E-state index in [-0.39, 0.29) is 0 Å². The summed E-state index contributed by atoms with van der Waals surface area (Å²) in [4.78, 5) is 11.6. The molecule has 0 fully saturated rings. The van der Waals surface area contributed by atoms with Crippen LogP contribution in [0.1, 0.15) is 6.42 Å². The van der Waals surface area contributed by atoms with Crippen LogP contribution in [0, 0.1) is 0 Å². The highest BCUT2D eigenvalue weighted by Crippen LogP contribution is 2.15. The van der Waals surface area contributed by atoms with Gasteiger partial charge in [-0.3, -0.25) is 4.98 Å².